The van der Waals surface area contributed by atoms with E-state index in [2.05, 4.69) is 4.74 Å². The minimum Gasteiger partial charge on any atom is -0.469 e. The molecular weight excluding hydrogens is 297 g/mol. The largest absolute Gasteiger partial charge is 0.469 e. The van der Waals surface area contributed by atoms with E-state index in [-0.39, 0.29) is 30.6 Å². The van der Waals surface area contributed by atoms with Crippen molar-refractivity contribution in [1.29, 1.82) is 0 Å². The third-order valence-corrected chi connectivity index (χ3v) is 2.92. The van der Waals surface area contributed by atoms with E-state index in [0.717, 1.165) is 18.2 Å². The van der Waals surface area contributed by atoms with Gasteiger partial charge in [-0.3, -0.25) is 9.59 Å². The second-order valence-corrected chi connectivity index (χ2v) is 4.45. The van der Waals surface area contributed by atoms with Crippen molar-refractivity contribution in [3.63, 3.8) is 0 Å². The smallest absolute Gasteiger partial charge is 0.417 e. The van der Waals surface area contributed by atoms with Gasteiger partial charge in [-0.05, 0) is 18.6 Å². The molecule has 0 atom stereocenters. The van der Waals surface area contributed by atoms with Gasteiger partial charge in [0, 0.05) is 18.4 Å². The summed E-state index contributed by atoms with van der Waals surface area (Å²) in [5, 5.41) is -0.517. The normalized spacial score (nSPS) is 11.2. The molecule has 0 aliphatic heterocycles. The van der Waals surface area contributed by atoms with Crippen LogP contribution in [0.5, 0.6) is 0 Å². The van der Waals surface area contributed by atoms with Crippen LogP contribution in [0, 0.1) is 0 Å². The zero-order valence-electron chi connectivity index (χ0n) is 10.6. The maximum Gasteiger partial charge on any atom is 0.417 e. The SMILES string of the molecule is COC(=O)CCCC(=O)c1ccc(C(F)(F)F)c(Cl)c1. The highest BCUT2D eigenvalue weighted by Crippen LogP contribution is 2.35. The number of Topliss-reactive ketones (excluding diaryl/α,β-unsaturated/α-hetero) is 1. The van der Waals surface area contributed by atoms with Crippen molar-refractivity contribution in [2.24, 2.45) is 0 Å². The van der Waals surface area contributed by atoms with Gasteiger partial charge in [-0.15, -0.1) is 0 Å². The Morgan fingerprint density at radius 1 is 1.25 bits per heavy atom. The topological polar surface area (TPSA) is 43.4 Å². The quantitative estimate of drug-likeness (QED) is 0.612. The fraction of sp³-hybridized carbons (Fsp3) is 0.385. The molecule has 0 spiro atoms. The maximum absolute atomic E-state index is 12.5. The lowest BCUT2D eigenvalue weighted by Gasteiger charge is -2.09. The molecule has 0 aliphatic carbocycles. The fourth-order valence-corrected chi connectivity index (χ4v) is 1.85. The Morgan fingerprint density at radius 2 is 1.90 bits per heavy atom. The van der Waals surface area contributed by atoms with Crippen LogP contribution in [0.25, 0.3) is 0 Å². The molecule has 1 aromatic rings. The van der Waals surface area contributed by atoms with Gasteiger partial charge >= 0.3 is 12.1 Å². The molecule has 0 radical (unpaired) electrons. The molecule has 0 heterocycles. The van der Waals surface area contributed by atoms with Crippen molar-refractivity contribution in [2.75, 3.05) is 7.11 Å². The monoisotopic (exact) mass is 308 g/mol. The highest BCUT2D eigenvalue weighted by Gasteiger charge is 2.33. The van der Waals surface area contributed by atoms with E-state index in [1.807, 2.05) is 0 Å². The van der Waals surface area contributed by atoms with E-state index >= 15 is 0 Å². The number of hydrogen-bond acceptors (Lipinski definition) is 3. The molecule has 1 aromatic carbocycles. The Morgan fingerprint density at radius 3 is 2.40 bits per heavy atom. The van der Waals surface area contributed by atoms with Gasteiger partial charge in [-0.2, -0.15) is 13.2 Å². The Bertz CT molecular complexity index is 512. The molecule has 0 fully saturated rings. The van der Waals surface area contributed by atoms with Crippen molar-refractivity contribution in [3.8, 4) is 0 Å². The predicted molar refractivity (Wildman–Crippen MR) is 66.7 cm³/mol. The number of halogens is 4. The zero-order chi connectivity index (χ0) is 15.3. The molecule has 0 saturated heterocycles. The van der Waals surface area contributed by atoms with Gasteiger partial charge in [0.15, 0.2) is 5.78 Å². The first-order valence-electron chi connectivity index (χ1n) is 5.72. The van der Waals surface area contributed by atoms with E-state index in [4.69, 9.17) is 11.6 Å². The molecule has 1 rings (SSSR count). The number of rotatable bonds is 5. The number of alkyl halides is 3. The number of ketones is 1. The van der Waals surface area contributed by atoms with Gasteiger partial charge in [0.1, 0.15) is 0 Å². The van der Waals surface area contributed by atoms with Crippen molar-refractivity contribution >= 4 is 23.4 Å². The molecule has 0 saturated carbocycles. The molecule has 0 bridgehead atoms. The van der Waals surface area contributed by atoms with Crippen LogP contribution in [0.2, 0.25) is 5.02 Å². The average Bonchev–Trinajstić information content (AvgIpc) is 2.36. The minimum atomic E-state index is -4.55. The van der Waals surface area contributed by atoms with E-state index in [1.165, 1.54) is 7.11 Å². The summed E-state index contributed by atoms with van der Waals surface area (Å²) in [6.45, 7) is 0. The standard InChI is InChI=1S/C13H12ClF3O3/c1-20-12(19)4-2-3-11(18)8-5-6-9(10(14)7-8)13(15,16)17/h5-7H,2-4H2,1H3. The average molecular weight is 309 g/mol. The molecule has 20 heavy (non-hydrogen) atoms. The summed E-state index contributed by atoms with van der Waals surface area (Å²) in [7, 11) is 1.24. The second-order valence-electron chi connectivity index (χ2n) is 4.05. The van der Waals surface area contributed by atoms with Crippen molar-refractivity contribution in [1.82, 2.24) is 0 Å². The molecule has 0 aromatic heterocycles. The summed E-state index contributed by atoms with van der Waals surface area (Å²) < 4.78 is 41.9. The number of carbonyl (C=O) groups is 2. The Balaban J connectivity index is 2.71. The van der Waals surface area contributed by atoms with Crippen molar-refractivity contribution in [2.45, 2.75) is 25.4 Å². The molecular formula is C13H12ClF3O3. The highest BCUT2D eigenvalue weighted by atomic mass is 35.5. The first-order valence-corrected chi connectivity index (χ1v) is 6.10. The summed E-state index contributed by atoms with van der Waals surface area (Å²) in [4.78, 5) is 22.6. The van der Waals surface area contributed by atoms with E-state index in [1.54, 1.807) is 0 Å². The number of benzene rings is 1. The van der Waals surface area contributed by atoms with Crippen LogP contribution in [0.1, 0.15) is 35.2 Å². The fourth-order valence-electron chi connectivity index (χ4n) is 1.56. The molecule has 7 heteroatoms. The van der Waals surface area contributed by atoms with Crippen LogP contribution in [-0.4, -0.2) is 18.9 Å². The number of carbonyl (C=O) groups excluding carboxylic acids is 2. The lowest BCUT2D eigenvalue weighted by atomic mass is 10.0. The minimum absolute atomic E-state index is 0.0385. The highest BCUT2D eigenvalue weighted by molar-refractivity contribution is 6.31. The molecule has 0 amide bonds. The van der Waals surface area contributed by atoms with Crippen LogP contribution in [0.3, 0.4) is 0 Å². The second kappa shape index (κ2) is 6.74. The third-order valence-electron chi connectivity index (χ3n) is 2.61. The molecule has 3 nitrogen and oxygen atoms in total. The van der Waals surface area contributed by atoms with Crippen molar-refractivity contribution < 1.29 is 27.5 Å². The molecule has 0 unspecified atom stereocenters. The van der Waals surface area contributed by atoms with Crippen LogP contribution in [0.15, 0.2) is 18.2 Å². The number of hydrogen-bond donors (Lipinski definition) is 0. The lowest BCUT2D eigenvalue weighted by Crippen LogP contribution is -2.08. The summed E-state index contributed by atoms with van der Waals surface area (Å²) in [6, 6.07) is 2.84. The van der Waals surface area contributed by atoms with Gasteiger partial charge in [-0.25, -0.2) is 0 Å². The predicted octanol–water partition coefficient (Wildman–Crippen LogP) is 3.88. The number of ether oxygens (including phenoxy) is 1. The van der Waals surface area contributed by atoms with Crippen LogP contribution < -0.4 is 0 Å². The number of methoxy groups -OCH3 is 1. The maximum atomic E-state index is 12.5. The number of esters is 1. The van der Waals surface area contributed by atoms with Gasteiger partial charge in [-0.1, -0.05) is 17.7 Å². The van der Waals surface area contributed by atoms with E-state index < -0.39 is 22.7 Å². The van der Waals surface area contributed by atoms with Gasteiger partial charge < -0.3 is 4.74 Å². The van der Waals surface area contributed by atoms with Crippen LogP contribution >= 0.6 is 11.6 Å². The van der Waals surface area contributed by atoms with Gasteiger partial charge in [0.25, 0.3) is 0 Å². The summed E-state index contributed by atoms with van der Waals surface area (Å²) in [5.41, 5.74) is -0.891. The first-order chi connectivity index (χ1) is 9.25. The van der Waals surface area contributed by atoms with Crippen LogP contribution in [0.4, 0.5) is 13.2 Å². The summed E-state index contributed by atoms with van der Waals surface area (Å²) in [6.07, 6.45) is -4.17. The van der Waals surface area contributed by atoms with Gasteiger partial charge in [0.05, 0.1) is 17.7 Å². The van der Waals surface area contributed by atoms with Crippen molar-refractivity contribution in [3.05, 3.63) is 34.3 Å². The van der Waals surface area contributed by atoms with E-state index in [9.17, 15) is 22.8 Å². The molecule has 0 N–H and O–H groups in total. The Labute approximate surface area is 118 Å². The van der Waals surface area contributed by atoms with Gasteiger partial charge in [0.2, 0.25) is 0 Å². The summed E-state index contributed by atoms with van der Waals surface area (Å²) >= 11 is 5.52. The summed E-state index contributed by atoms with van der Waals surface area (Å²) in [5.74, 6) is -0.812. The zero-order valence-corrected chi connectivity index (χ0v) is 11.3. The molecule has 0 aliphatic rings. The van der Waals surface area contributed by atoms with E-state index in [0.29, 0.717) is 0 Å². The Hall–Kier alpha value is -1.56. The third kappa shape index (κ3) is 4.52. The first kappa shape index (κ1) is 16.5. The molecule has 110 valence electrons. The Kier molecular flexibility index (Phi) is 5.56. The van der Waals surface area contributed by atoms with Crippen LogP contribution in [-0.2, 0) is 15.7 Å². The lowest BCUT2D eigenvalue weighted by molar-refractivity contribution is -0.140.